The number of aliphatic hydroxyl groups excluding tert-OH is 1. The molecule has 1 aliphatic heterocycles. The van der Waals surface area contributed by atoms with Crippen LogP contribution < -0.4 is 10.9 Å². The molecule has 2 heterocycles. The maximum Gasteiger partial charge on any atom is 0.0598 e. The molecule has 0 aliphatic carbocycles. The van der Waals surface area contributed by atoms with Gasteiger partial charge in [0, 0.05) is 24.5 Å². The number of hydrogen-bond donors (Lipinski definition) is 3. The highest BCUT2D eigenvalue weighted by atomic mass is 16.3. The fourth-order valence-corrected chi connectivity index (χ4v) is 1.56. The van der Waals surface area contributed by atoms with Crippen LogP contribution >= 0.6 is 0 Å². The van der Waals surface area contributed by atoms with Crippen LogP contribution in [0, 0.1) is 0 Å². The summed E-state index contributed by atoms with van der Waals surface area (Å²) in [6.45, 7) is 0.175. The highest BCUT2D eigenvalue weighted by Crippen LogP contribution is 2.20. The molecule has 0 aromatic carbocycles. The lowest BCUT2D eigenvalue weighted by Gasteiger charge is -2.07. The predicted molar refractivity (Wildman–Crippen MR) is 48.7 cm³/mol. The highest BCUT2D eigenvalue weighted by Gasteiger charge is 2.23. The van der Waals surface area contributed by atoms with E-state index >= 15 is 0 Å². The molecule has 2 atom stereocenters. The van der Waals surface area contributed by atoms with Crippen molar-refractivity contribution in [3.63, 3.8) is 0 Å². The molecule has 1 fully saturated rings. The first kappa shape index (κ1) is 8.62. The van der Waals surface area contributed by atoms with Crippen LogP contribution in [0.2, 0.25) is 0 Å². The summed E-state index contributed by atoms with van der Waals surface area (Å²) >= 11 is 0. The van der Waals surface area contributed by atoms with Gasteiger partial charge in [0.15, 0.2) is 0 Å². The smallest absolute Gasteiger partial charge is 0.0598 e. The molecule has 0 spiro atoms. The second-order valence-corrected chi connectivity index (χ2v) is 3.24. The van der Waals surface area contributed by atoms with Gasteiger partial charge in [-0.15, -0.1) is 0 Å². The van der Waals surface area contributed by atoms with Crippen LogP contribution in [0.4, 0.5) is 0 Å². The van der Waals surface area contributed by atoms with Crippen molar-refractivity contribution >= 4 is 0 Å². The minimum Gasteiger partial charge on any atom is -0.395 e. The van der Waals surface area contributed by atoms with Gasteiger partial charge in [-0.2, -0.15) is 0 Å². The Morgan fingerprint density at radius 3 is 2.77 bits per heavy atom. The minimum absolute atomic E-state index is 0.165. The lowest BCUT2D eigenvalue weighted by molar-refractivity contribution is 0.251. The zero-order valence-corrected chi connectivity index (χ0v) is 7.27. The van der Waals surface area contributed by atoms with Gasteiger partial charge < -0.3 is 5.11 Å². The zero-order valence-electron chi connectivity index (χ0n) is 7.27. The number of pyridine rings is 1. The molecule has 1 saturated heterocycles. The summed E-state index contributed by atoms with van der Waals surface area (Å²) < 4.78 is 0. The Morgan fingerprint density at radius 1 is 1.38 bits per heavy atom. The first-order chi connectivity index (χ1) is 6.40. The van der Waals surface area contributed by atoms with E-state index in [2.05, 4.69) is 15.8 Å². The molecule has 0 saturated carbocycles. The van der Waals surface area contributed by atoms with Gasteiger partial charge in [0.05, 0.1) is 6.61 Å². The quantitative estimate of drug-likeness (QED) is 0.597. The van der Waals surface area contributed by atoms with Crippen molar-refractivity contribution in [1.82, 2.24) is 15.8 Å². The molecule has 0 amide bonds. The summed E-state index contributed by atoms with van der Waals surface area (Å²) in [6.07, 6.45) is 4.48. The van der Waals surface area contributed by atoms with E-state index in [1.807, 2.05) is 12.1 Å². The largest absolute Gasteiger partial charge is 0.395 e. The molecular weight excluding hydrogens is 166 g/mol. The van der Waals surface area contributed by atoms with Crippen molar-refractivity contribution in [1.29, 1.82) is 0 Å². The topological polar surface area (TPSA) is 57.2 Å². The van der Waals surface area contributed by atoms with Gasteiger partial charge in [-0.3, -0.25) is 10.4 Å². The lowest BCUT2D eigenvalue weighted by atomic mass is 10.0. The van der Waals surface area contributed by atoms with Gasteiger partial charge in [-0.05, 0) is 24.1 Å². The first-order valence-electron chi connectivity index (χ1n) is 4.42. The van der Waals surface area contributed by atoms with Crippen molar-refractivity contribution in [3.05, 3.63) is 30.1 Å². The van der Waals surface area contributed by atoms with Crippen LogP contribution in [0.3, 0.4) is 0 Å². The third-order valence-electron chi connectivity index (χ3n) is 2.31. The predicted octanol–water partition coefficient (Wildman–Crippen LogP) is -0.0185. The van der Waals surface area contributed by atoms with Crippen molar-refractivity contribution in [2.75, 3.05) is 6.61 Å². The molecule has 70 valence electrons. The number of nitrogens with one attached hydrogen (secondary N) is 2. The standard InChI is InChI=1S/C9H13N3O/c13-6-8-5-9(12-11-8)7-1-3-10-4-2-7/h1-4,8-9,11-13H,5-6H2. The van der Waals surface area contributed by atoms with Gasteiger partial charge in [-0.1, -0.05) is 0 Å². The molecule has 3 N–H and O–H groups in total. The molecule has 4 nitrogen and oxygen atoms in total. The Hall–Kier alpha value is -0.970. The summed E-state index contributed by atoms with van der Waals surface area (Å²) in [5.41, 5.74) is 7.38. The van der Waals surface area contributed by atoms with E-state index in [1.165, 1.54) is 5.56 Å². The van der Waals surface area contributed by atoms with Crippen molar-refractivity contribution in [2.45, 2.75) is 18.5 Å². The first-order valence-corrected chi connectivity index (χ1v) is 4.42. The third-order valence-corrected chi connectivity index (χ3v) is 2.31. The summed E-state index contributed by atoms with van der Waals surface area (Å²) in [6, 6.07) is 4.43. The minimum atomic E-state index is 0.165. The van der Waals surface area contributed by atoms with Gasteiger partial charge in [0.1, 0.15) is 0 Å². The Bertz CT molecular complexity index is 265. The van der Waals surface area contributed by atoms with E-state index in [1.54, 1.807) is 12.4 Å². The molecule has 1 aromatic heterocycles. The molecule has 13 heavy (non-hydrogen) atoms. The molecule has 1 aliphatic rings. The maximum atomic E-state index is 8.92. The Kier molecular flexibility index (Phi) is 2.54. The number of aromatic nitrogens is 1. The average Bonchev–Trinajstić information content (AvgIpc) is 2.67. The normalized spacial score (nSPS) is 27.8. The Labute approximate surface area is 77.0 Å². The molecule has 1 aromatic rings. The van der Waals surface area contributed by atoms with Crippen molar-refractivity contribution in [2.24, 2.45) is 0 Å². The number of aliphatic hydroxyl groups is 1. The molecular formula is C9H13N3O. The van der Waals surface area contributed by atoms with Gasteiger partial charge >= 0.3 is 0 Å². The van der Waals surface area contributed by atoms with Crippen LogP contribution in [-0.2, 0) is 0 Å². The lowest BCUT2D eigenvalue weighted by Crippen LogP contribution is -2.32. The molecule has 0 bridgehead atoms. The Balaban J connectivity index is 2.04. The zero-order chi connectivity index (χ0) is 9.10. The van der Waals surface area contributed by atoms with Crippen LogP contribution in [0.1, 0.15) is 18.0 Å². The van der Waals surface area contributed by atoms with Crippen LogP contribution in [-0.4, -0.2) is 22.7 Å². The number of nitrogens with zero attached hydrogens (tertiary/aromatic N) is 1. The van der Waals surface area contributed by atoms with E-state index in [0.29, 0.717) is 6.04 Å². The molecule has 4 heteroatoms. The molecule has 0 radical (unpaired) electrons. The van der Waals surface area contributed by atoms with E-state index in [9.17, 15) is 0 Å². The highest BCUT2D eigenvalue weighted by molar-refractivity contribution is 5.16. The monoisotopic (exact) mass is 179 g/mol. The van der Waals surface area contributed by atoms with E-state index in [-0.39, 0.29) is 12.6 Å². The number of hydrogen-bond acceptors (Lipinski definition) is 4. The second-order valence-electron chi connectivity index (χ2n) is 3.24. The third kappa shape index (κ3) is 1.85. The summed E-state index contributed by atoms with van der Waals surface area (Å²) in [5.74, 6) is 0. The van der Waals surface area contributed by atoms with Crippen LogP contribution in [0.5, 0.6) is 0 Å². The number of rotatable bonds is 2. The van der Waals surface area contributed by atoms with Gasteiger partial charge in [-0.25, -0.2) is 5.43 Å². The summed E-state index contributed by atoms with van der Waals surface area (Å²) in [4.78, 5) is 3.96. The van der Waals surface area contributed by atoms with E-state index in [4.69, 9.17) is 5.11 Å². The maximum absolute atomic E-state index is 8.92. The summed E-state index contributed by atoms with van der Waals surface area (Å²) in [5, 5.41) is 8.92. The fourth-order valence-electron chi connectivity index (χ4n) is 1.56. The summed E-state index contributed by atoms with van der Waals surface area (Å²) in [7, 11) is 0. The van der Waals surface area contributed by atoms with E-state index in [0.717, 1.165) is 6.42 Å². The van der Waals surface area contributed by atoms with Crippen molar-refractivity contribution in [3.8, 4) is 0 Å². The van der Waals surface area contributed by atoms with Crippen molar-refractivity contribution < 1.29 is 5.11 Å². The average molecular weight is 179 g/mol. The van der Waals surface area contributed by atoms with Gasteiger partial charge in [0.2, 0.25) is 0 Å². The van der Waals surface area contributed by atoms with Gasteiger partial charge in [0.25, 0.3) is 0 Å². The number of hydrazine groups is 1. The SMILES string of the molecule is OCC1CC(c2ccncc2)NN1. The molecule has 2 unspecified atom stereocenters. The Morgan fingerprint density at radius 2 is 2.15 bits per heavy atom. The fraction of sp³-hybridized carbons (Fsp3) is 0.444. The second kappa shape index (κ2) is 3.83. The molecule has 2 rings (SSSR count). The van der Waals surface area contributed by atoms with Crippen LogP contribution in [0.25, 0.3) is 0 Å². The van der Waals surface area contributed by atoms with E-state index < -0.39 is 0 Å². The van der Waals surface area contributed by atoms with Crippen LogP contribution in [0.15, 0.2) is 24.5 Å².